The minimum Gasteiger partial charge on any atom is -0.384 e. The number of benzene rings is 1. The van der Waals surface area contributed by atoms with Crippen LogP contribution in [0.3, 0.4) is 0 Å². The molecular formula is C15H22N2O. The second-order valence-electron chi connectivity index (χ2n) is 6.28. The molecule has 0 aromatic heterocycles. The molecule has 1 aromatic rings. The van der Waals surface area contributed by atoms with Crippen molar-refractivity contribution in [1.82, 2.24) is 4.90 Å². The standard InChI is InChI=1S/C15H22N2O/c1-15(2,3)10-17(4)14(18)12-9-16-13-8-6-5-7-11(12)13/h5-8,12,16H,9-10H2,1-4H3. The fraction of sp³-hybridized carbons (Fsp3) is 0.533. The van der Waals surface area contributed by atoms with E-state index in [4.69, 9.17) is 0 Å². The molecule has 0 saturated heterocycles. The molecule has 0 spiro atoms. The van der Waals surface area contributed by atoms with Gasteiger partial charge in [0.1, 0.15) is 0 Å². The van der Waals surface area contributed by atoms with Gasteiger partial charge >= 0.3 is 0 Å². The van der Waals surface area contributed by atoms with Crippen LogP contribution in [0.1, 0.15) is 32.3 Å². The van der Waals surface area contributed by atoms with Crippen molar-refractivity contribution in [3.05, 3.63) is 29.8 Å². The number of para-hydroxylation sites is 1. The molecule has 1 aromatic carbocycles. The summed E-state index contributed by atoms with van der Waals surface area (Å²) in [7, 11) is 1.90. The topological polar surface area (TPSA) is 32.3 Å². The number of carbonyl (C=O) groups is 1. The summed E-state index contributed by atoms with van der Waals surface area (Å²) in [4.78, 5) is 14.3. The lowest BCUT2D eigenvalue weighted by atomic mass is 9.94. The first-order valence-corrected chi connectivity index (χ1v) is 6.46. The van der Waals surface area contributed by atoms with E-state index in [0.29, 0.717) is 6.54 Å². The molecule has 1 atom stereocenters. The normalized spacial score (nSPS) is 18.1. The van der Waals surface area contributed by atoms with E-state index in [1.807, 2.05) is 36.2 Å². The van der Waals surface area contributed by atoms with Crippen molar-refractivity contribution in [3.8, 4) is 0 Å². The molecule has 1 N–H and O–H groups in total. The summed E-state index contributed by atoms with van der Waals surface area (Å²) in [6.07, 6.45) is 0. The second-order valence-corrected chi connectivity index (χ2v) is 6.28. The largest absolute Gasteiger partial charge is 0.384 e. The van der Waals surface area contributed by atoms with Gasteiger partial charge in [-0.1, -0.05) is 39.0 Å². The minimum absolute atomic E-state index is 0.0338. The number of likely N-dealkylation sites (N-methyl/N-ethyl adjacent to an activating group) is 1. The number of rotatable bonds is 2. The van der Waals surface area contributed by atoms with Gasteiger partial charge in [0.25, 0.3) is 0 Å². The number of amides is 1. The molecule has 3 heteroatoms. The highest BCUT2D eigenvalue weighted by Gasteiger charge is 2.31. The highest BCUT2D eigenvalue weighted by Crippen LogP contribution is 2.32. The molecule has 18 heavy (non-hydrogen) atoms. The molecule has 1 unspecified atom stereocenters. The fourth-order valence-electron chi connectivity index (χ4n) is 2.56. The predicted molar refractivity (Wildman–Crippen MR) is 74.8 cm³/mol. The first kappa shape index (κ1) is 12.9. The Kier molecular flexibility index (Phi) is 3.33. The number of hydrogen-bond donors (Lipinski definition) is 1. The first-order valence-electron chi connectivity index (χ1n) is 6.46. The Labute approximate surface area is 109 Å². The molecule has 0 aliphatic carbocycles. The summed E-state index contributed by atoms with van der Waals surface area (Å²) >= 11 is 0. The van der Waals surface area contributed by atoms with Crippen molar-refractivity contribution >= 4 is 11.6 Å². The number of fused-ring (bicyclic) bond motifs is 1. The Bertz CT molecular complexity index is 448. The van der Waals surface area contributed by atoms with Gasteiger partial charge < -0.3 is 10.2 Å². The van der Waals surface area contributed by atoms with Crippen molar-refractivity contribution in [3.63, 3.8) is 0 Å². The second kappa shape index (κ2) is 4.63. The molecular weight excluding hydrogens is 224 g/mol. The number of nitrogens with one attached hydrogen (secondary N) is 1. The predicted octanol–water partition coefficient (Wildman–Crippen LogP) is 2.70. The van der Waals surface area contributed by atoms with Gasteiger partial charge in [-0.15, -0.1) is 0 Å². The van der Waals surface area contributed by atoms with Crippen LogP contribution in [-0.2, 0) is 4.79 Å². The maximum absolute atomic E-state index is 12.5. The molecule has 0 radical (unpaired) electrons. The summed E-state index contributed by atoms with van der Waals surface area (Å²) in [6, 6.07) is 8.07. The van der Waals surface area contributed by atoms with Crippen molar-refractivity contribution in [2.45, 2.75) is 26.7 Å². The fourth-order valence-corrected chi connectivity index (χ4v) is 2.56. The van der Waals surface area contributed by atoms with Gasteiger partial charge in [-0.25, -0.2) is 0 Å². The molecule has 2 rings (SSSR count). The summed E-state index contributed by atoms with van der Waals surface area (Å²) < 4.78 is 0. The van der Waals surface area contributed by atoms with Gasteiger partial charge in [0, 0.05) is 25.8 Å². The zero-order valence-electron chi connectivity index (χ0n) is 11.7. The quantitative estimate of drug-likeness (QED) is 0.870. The molecule has 1 heterocycles. The molecule has 3 nitrogen and oxygen atoms in total. The van der Waals surface area contributed by atoms with E-state index >= 15 is 0 Å². The summed E-state index contributed by atoms with van der Waals surface area (Å²) in [5.41, 5.74) is 2.36. The third kappa shape index (κ3) is 2.66. The first-order chi connectivity index (χ1) is 8.38. The molecule has 0 fully saturated rings. The molecule has 98 valence electrons. The summed E-state index contributed by atoms with van der Waals surface area (Å²) in [6.45, 7) is 7.95. The Morgan fingerprint density at radius 3 is 2.72 bits per heavy atom. The third-order valence-electron chi connectivity index (χ3n) is 3.22. The summed E-state index contributed by atoms with van der Waals surface area (Å²) in [5, 5.41) is 3.30. The Morgan fingerprint density at radius 1 is 1.39 bits per heavy atom. The van der Waals surface area contributed by atoms with Gasteiger partial charge in [-0.05, 0) is 17.0 Å². The van der Waals surface area contributed by atoms with Crippen LogP contribution in [0.15, 0.2) is 24.3 Å². The maximum Gasteiger partial charge on any atom is 0.231 e. The smallest absolute Gasteiger partial charge is 0.231 e. The zero-order chi connectivity index (χ0) is 13.3. The summed E-state index contributed by atoms with van der Waals surface area (Å²) in [5.74, 6) is 0.177. The van der Waals surface area contributed by atoms with Crippen molar-refractivity contribution in [2.24, 2.45) is 5.41 Å². The number of hydrogen-bond acceptors (Lipinski definition) is 2. The Morgan fingerprint density at radius 2 is 2.06 bits per heavy atom. The van der Waals surface area contributed by atoms with Crippen LogP contribution in [0.25, 0.3) is 0 Å². The molecule has 1 aliphatic rings. The van der Waals surface area contributed by atoms with Gasteiger partial charge in [0.2, 0.25) is 5.91 Å². The molecule has 1 aliphatic heterocycles. The van der Waals surface area contributed by atoms with Crippen LogP contribution in [-0.4, -0.2) is 30.9 Å². The van der Waals surface area contributed by atoms with E-state index in [2.05, 4.69) is 26.1 Å². The maximum atomic E-state index is 12.5. The lowest BCUT2D eigenvalue weighted by Gasteiger charge is -2.28. The highest BCUT2D eigenvalue weighted by molar-refractivity contribution is 5.88. The molecule has 1 amide bonds. The number of anilines is 1. The lowest BCUT2D eigenvalue weighted by molar-refractivity contribution is -0.132. The number of carbonyl (C=O) groups excluding carboxylic acids is 1. The van der Waals surface area contributed by atoms with E-state index < -0.39 is 0 Å². The average Bonchev–Trinajstić information content (AvgIpc) is 2.69. The third-order valence-corrected chi connectivity index (χ3v) is 3.22. The van der Waals surface area contributed by atoms with E-state index in [1.165, 1.54) is 0 Å². The van der Waals surface area contributed by atoms with Crippen LogP contribution in [0.4, 0.5) is 5.69 Å². The lowest BCUT2D eigenvalue weighted by Crippen LogP contribution is -2.38. The Hall–Kier alpha value is -1.51. The average molecular weight is 246 g/mol. The Balaban J connectivity index is 2.12. The van der Waals surface area contributed by atoms with E-state index in [1.54, 1.807) is 0 Å². The zero-order valence-corrected chi connectivity index (χ0v) is 11.7. The van der Waals surface area contributed by atoms with E-state index in [9.17, 15) is 4.79 Å². The van der Waals surface area contributed by atoms with E-state index in [-0.39, 0.29) is 17.2 Å². The van der Waals surface area contributed by atoms with Crippen molar-refractivity contribution in [2.75, 3.05) is 25.5 Å². The molecule has 0 bridgehead atoms. The van der Waals surface area contributed by atoms with Crippen LogP contribution in [0.2, 0.25) is 0 Å². The van der Waals surface area contributed by atoms with Crippen LogP contribution in [0.5, 0.6) is 0 Å². The molecule has 0 saturated carbocycles. The van der Waals surface area contributed by atoms with Crippen molar-refractivity contribution in [1.29, 1.82) is 0 Å². The SMILES string of the molecule is CN(CC(C)(C)C)C(=O)C1CNc2ccccc21. The van der Waals surface area contributed by atoms with Crippen LogP contribution >= 0.6 is 0 Å². The number of nitrogens with zero attached hydrogens (tertiary/aromatic N) is 1. The van der Waals surface area contributed by atoms with Crippen LogP contribution < -0.4 is 5.32 Å². The van der Waals surface area contributed by atoms with Gasteiger partial charge in [-0.3, -0.25) is 4.79 Å². The minimum atomic E-state index is -0.0338. The van der Waals surface area contributed by atoms with Crippen LogP contribution in [0, 0.1) is 5.41 Å². The van der Waals surface area contributed by atoms with Crippen molar-refractivity contribution < 1.29 is 4.79 Å². The van der Waals surface area contributed by atoms with Gasteiger partial charge in [-0.2, -0.15) is 0 Å². The van der Waals surface area contributed by atoms with Gasteiger partial charge in [0.15, 0.2) is 0 Å². The monoisotopic (exact) mass is 246 g/mol. The highest BCUT2D eigenvalue weighted by atomic mass is 16.2. The van der Waals surface area contributed by atoms with Gasteiger partial charge in [0.05, 0.1) is 5.92 Å². The van der Waals surface area contributed by atoms with E-state index in [0.717, 1.165) is 17.8 Å².